The summed E-state index contributed by atoms with van der Waals surface area (Å²) in [6.07, 6.45) is -4.01. The zero-order valence-corrected chi connectivity index (χ0v) is 13.0. The second-order valence-corrected chi connectivity index (χ2v) is 5.96. The van der Waals surface area contributed by atoms with E-state index in [9.17, 15) is 23.3 Å². The van der Waals surface area contributed by atoms with E-state index in [0.29, 0.717) is 18.5 Å². The van der Waals surface area contributed by atoms with Crippen LogP contribution < -0.4 is 9.47 Å². The Bertz CT molecular complexity index is 805. The third kappa shape index (κ3) is 3.17. The summed E-state index contributed by atoms with van der Waals surface area (Å²) in [6.45, 7) is 0.354. The van der Waals surface area contributed by atoms with Crippen LogP contribution in [0.25, 0.3) is 0 Å². The van der Waals surface area contributed by atoms with Crippen LogP contribution in [-0.2, 0) is 11.3 Å². The molecule has 26 heavy (non-hydrogen) atoms. The summed E-state index contributed by atoms with van der Waals surface area (Å²) in [5, 5.41) is 10.8. The molecular formula is C15H12F3N3O5. The maximum atomic E-state index is 12.2. The van der Waals surface area contributed by atoms with Gasteiger partial charge in [-0.3, -0.25) is 4.57 Å². The van der Waals surface area contributed by atoms with Gasteiger partial charge in [-0.25, -0.2) is 0 Å². The molecular weight excluding hydrogens is 359 g/mol. The first-order valence-electron chi connectivity index (χ1n) is 7.68. The van der Waals surface area contributed by atoms with Crippen molar-refractivity contribution in [2.24, 2.45) is 0 Å². The Morgan fingerprint density at radius 1 is 1.27 bits per heavy atom. The van der Waals surface area contributed by atoms with E-state index < -0.39 is 11.3 Å². The predicted molar refractivity (Wildman–Crippen MR) is 78.7 cm³/mol. The Morgan fingerprint density at radius 2 is 2.00 bits per heavy atom. The topological polar surface area (TPSA) is 88.7 Å². The molecule has 8 nitrogen and oxygen atoms in total. The van der Waals surface area contributed by atoms with Crippen molar-refractivity contribution in [2.75, 3.05) is 0 Å². The SMILES string of the molecule is O=[N+]([O-])c1cn2c(n1)O[C@H]1C[C@H](c3ccc(OC(F)(F)F)cc3)OC1C2. The third-order valence-electron chi connectivity index (χ3n) is 4.23. The number of hydrogen-bond donors (Lipinski definition) is 0. The van der Waals surface area contributed by atoms with Gasteiger partial charge >= 0.3 is 18.2 Å². The number of hydrogen-bond acceptors (Lipinski definition) is 6. The zero-order valence-electron chi connectivity index (χ0n) is 13.0. The Kier molecular flexibility index (Phi) is 3.75. The van der Waals surface area contributed by atoms with Crippen LogP contribution in [-0.4, -0.2) is 33.0 Å². The van der Waals surface area contributed by atoms with Crippen LogP contribution in [0.4, 0.5) is 19.0 Å². The fraction of sp³-hybridized carbons (Fsp3) is 0.400. The number of nitro groups is 1. The lowest BCUT2D eigenvalue weighted by molar-refractivity contribution is -0.389. The summed E-state index contributed by atoms with van der Waals surface area (Å²) in [7, 11) is 0. The molecule has 1 unspecified atom stereocenters. The lowest BCUT2D eigenvalue weighted by Crippen LogP contribution is -2.36. The second kappa shape index (κ2) is 5.87. The molecule has 2 aliphatic rings. The number of aromatic nitrogens is 2. The monoisotopic (exact) mass is 371 g/mol. The van der Waals surface area contributed by atoms with Crippen molar-refractivity contribution in [3.63, 3.8) is 0 Å². The van der Waals surface area contributed by atoms with Crippen LogP contribution in [0.2, 0.25) is 0 Å². The highest BCUT2D eigenvalue weighted by molar-refractivity contribution is 5.30. The maximum absolute atomic E-state index is 12.2. The Hall–Kier alpha value is -2.82. The molecule has 4 rings (SSSR count). The summed E-state index contributed by atoms with van der Waals surface area (Å²) in [5.41, 5.74) is 0.696. The molecule has 3 atom stereocenters. The molecule has 11 heteroatoms. The Balaban J connectivity index is 1.45. The van der Waals surface area contributed by atoms with Crippen molar-refractivity contribution in [3.8, 4) is 11.8 Å². The molecule has 0 aliphatic carbocycles. The molecule has 138 valence electrons. The number of fused-ring (bicyclic) bond motifs is 2. The van der Waals surface area contributed by atoms with E-state index in [1.165, 1.54) is 35.0 Å². The van der Waals surface area contributed by atoms with Crippen molar-refractivity contribution in [3.05, 3.63) is 46.1 Å². The van der Waals surface area contributed by atoms with Gasteiger partial charge in [0.05, 0.1) is 12.6 Å². The number of ether oxygens (including phenoxy) is 3. The van der Waals surface area contributed by atoms with E-state index in [1.807, 2.05) is 0 Å². The fourth-order valence-electron chi connectivity index (χ4n) is 3.13. The predicted octanol–water partition coefficient (Wildman–Crippen LogP) is 2.98. The standard InChI is InChI=1S/C15H12F3N3O5/c16-15(17,18)26-9-3-1-8(2-4-9)10-5-11-12(24-10)6-20-7-13(21(22)23)19-14(20)25-11/h1-4,7,10-12H,5-6H2/t10-,11+,12?/m1/s1. The first-order valence-corrected chi connectivity index (χ1v) is 7.68. The molecule has 1 aromatic heterocycles. The number of nitrogens with zero attached hydrogens (tertiary/aromatic N) is 3. The van der Waals surface area contributed by atoms with E-state index in [0.717, 1.165) is 0 Å². The molecule has 2 aliphatic heterocycles. The van der Waals surface area contributed by atoms with Crippen molar-refractivity contribution in [2.45, 2.75) is 37.6 Å². The third-order valence-corrected chi connectivity index (χ3v) is 4.23. The minimum atomic E-state index is -4.74. The highest BCUT2D eigenvalue weighted by Gasteiger charge is 2.43. The molecule has 3 heterocycles. The molecule has 0 spiro atoms. The number of alkyl halides is 3. The van der Waals surface area contributed by atoms with Crippen molar-refractivity contribution in [1.29, 1.82) is 0 Å². The molecule has 0 bridgehead atoms. The van der Waals surface area contributed by atoms with Crippen LogP contribution in [0.1, 0.15) is 18.1 Å². The molecule has 0 radical (unpaired) electrons. The smallest absolute Gasteiger partial charge is 0.440 e. The minimum Gasteiger partial charge on any atom is -0.440 e. The number of halogens is 3. The van der Waals surface area contributed by atoms with Gasteiger partial charge in [-0.05, 0) is 22.6 Å². The van der Waals surface area contributed by atoms with Gasteiger partial charge < -0.3 is 24.3 Å². The Morgan fingerprint density at radius 3 is 2.65 bits per heavy atom. The van der Waals surface area contributed by atoms with Gasteiger partial charge in [0, 0.05) is 11.4 Å². The minimum absolute atomic E-state index is 0.163. The van der Waals surface area contributed by atoms with Gasteiger partial charge in [0.25, 0.3) is 0 Å². The summed E-state index contributed by atoms with van der Waals surface area (Å²) in [4.78, 5) is 14.0. The van der Waals surface area contributed by atoms with E-state index >= 15 is 0 Å². The van der Waals surface area contributed by atoms with E-state index in [-0.39, 0.29) is 35.9 Å². The van der Waals surface area contributed by atoms with E-state index in [1.54, 1.807) is 0 Å². The van der Waals surface area contributed by atoms with Crippen LogP contribution in [0.15, 0.2) is 30.5 Å². The molecule has 1 fully saturated rings. The first kappa shape index (κ1) is 16.6. The molecule has 1 saturated heterocycles. The Labute approximate surface area is 144 Å². The molecule has 0 amide bonds. The quantitative estimate of drug-likeness (QED) is 0.609. The summed E-state index contributed by atoms with van der Waals surface area (Å²) >= 11 is 0. The van der Waals surface area contributed by atoms with Crippen LogP contribution in [0, 0.1) is 10.1 Å². The maximum Gasteiger partial charge on any atom is 0.573 e. The zero-order chi connectivity index (χ0) is 18.5. The molecule has 2 aromatic rings. The van der Waals surface area contributed by atoms with Crippen molar-refractivity contribution >= 4 is 5.82 Å². The highest BCUT2D eigenvalue weighted by Crippen LogP contribution is 2.39. The lowest BCUT2D eigenvalue weighted by atomic mass is 10.0. The second-order valence-electron chi connectivity index (χ2n) is 5.96. The van der Waals surface area contributed by atoms with Gasteiger partial charge in [0.1, 0.15) is 24.2 Å². The highest BCUT2D eigenvalue weighted by atomic mass is 19.4. The van der Waals surface area contributed by atoms with Gasteiger partial charge in [0.15, 0.2) is 0 Å². The van der Waals surface area contributed by atoms with Gasteiger partial charge in [-0.1, -0.05) is 12.1 Å². The summed E-state index contributed by atoms with van der Waals surface area (Å²) < 4.78 is 53.6. The largest absolute Gasteiger partial charge is 0.573 e. The normalized spacial score (nSPS) is 24.5. The summed E-state index contributed by atoms with van der Waals surface area (Å²) in [5.74, 6) is -0.600. The van der Waals surface area contributed by atoms with Gasteiger partial charge in [-0.2, -0.15) is 0 Å². The van der Waals surface area contributed by atoms with Crippen LogP contribution in [0.3, 0.4) is 0 Å². The van der Waals surface area contributed by atoms with Crippen LogP contribution in [0.5, 0.6) is 11.8 Å². The van der Waals surface area contributed by atoms with E-state index in [2.05, 4.69) is 9.72 Å². The average molecular weight is 371 g/mol. The molecule has 0 saturated carbocycles. The first-order chi connectivity index (χ1) is 12.3. The molecule has 0 N–H and O–H groups in total. The summed E-state index contributed by atoms with van der Waals surface area (Å²) in [6, 6.07) is 5.63. The number of imidazole rings is 1. The van der Waals surface area contributed by atoms with Crippen LogP contribution >= 0.6 is 0 Å². The fourth-order valence-corrected chi connectivity index (χ4v) is 3.13. The van der Waals surface area contributed by atoms with Gasteiger partial charge in [-0.15, -0.1) is 13.2 Å². The van der Waals surface area contributed by atoms with E-state index in [4.69, 9.17) is 9.47 Å². The average Bonchev–Trinajstić information content (AvgIpc) is 3.14. The lowest BCUT2D eigenvalue weighted by Gasteiger charge is -2.23. The van der Waals surface area contributed by atoms with Crippen molar-refractivity contribution < 1.29 is 32.3 Å². The number of benzene rings is 1. The van der Waals surface area contributed by atoms with Gasteiger partial charge in [0.2, 0.25) is 0 Å². The molecule has 1 aromatic carbocycles. The van der Waals surface area contributed by atoms with Crippen molar-refractivity contribution in [1.82, 2.24) is 9.55 Å². The number of rotatable bonds is 3.